The van der Waals surface area contributed by atoms with Gasteiger partial charge in [0.25, 0.3) is 0 Å². The molecule has 2 aliphatic heterocycles. The molecule has 3 atom stereocenters. The molecule has 2 fully saturated rings. The maximum absolute atomic E-state index is 5.55. The molecule has 0 aromatic carbocycles. The Kier molecular flexibility index (Phi) is 5.27. The van der Waals surface area contributed by atoms with Gasteiger partial charge in [0, 0.05) is 37.8 Å². The fourth-order valence-corrected chi connectivity index (χ4v) is 3.41. The van der Waals surface area contributed by atoms with Crippen molar-refractivity contribution < 1.29 is 4.74 Å². The Labute approximate surface area is 119 Å². The SMILES string of the molecule is CCC1(C)CN(CC2CCOC2)C(CC(C)C)CN1. The van der Waals surface area contributed by atoms with Gasteiger partial charge >= 0.3 is 0 Å². The third kappa shape index (κ3) is 4.17. The minimum atomic E-state index is 0.299. The molecule has 0 spiro atoms. The standard InChI is InChI=1S/C16H32N2O/c1-5-16(4)12-18(10-14-6-7-19-11-14)15(9-17-16)8-13(2)3/h13-15,17H,5-12H2,1-4H3. The van der Waals surface area contributed by atoms with Crippen LogP contribution in [0, 0.1) is 11.8 Å². The molecule has 3 heteroatoms. The fourth-order valence-electron chi connectivity index (χ4n) is 3.41. The Morgan fingerprint density at radius 1 is 1.42 bits per heavy atom. The molecule has 0 bridgehead atoms. The molecule has 3 nitrogen and oxygen atoms in total. The second-order valence-corrected chi connectivity index (χ2v) is 7.24. The Morgan fingerprint density at radius 3 is 2.79 bits per heavy atom. The van der Waals surface area contributed by atoms with E-state index in [1.165, 1.54) is 32.4 Å². The van der Waals surface area contributed by atoms with E-state index in [-0.39, 0.29) is 0 Å². The van der Waals surface area contributed by atoms with Crippen molar-refractivity contribution in [1.82, 2.24) is 10.2 Å². The highest BCUT2D eigenvalue weighted by atomic mass is 16.5. The Hall–Kier alpha value is -0.120. The topological polar surface area (TPSA) is 24.5 Å². The summed E-state index contributed by atoms with van der Waals surface area (Å²) < 4.78 is 5.55. The van der Waals surface area contributed by atoms with Crippen molar-refractivity contribution in [1.29, 1.82) is 0 Å². The average Bonchev–Trinajstić information content (AvgIpc) is 2.85. The van der Waals surface area contributed by atoms with Gasteiger partial charge in [-0.15, -0.1) is 0 Å². The smallest absolute Gasteiger partial charge is 0.0507 e. The first-order chi connectivity index (χ1) is 9.02. The average molecular weight is 268 g/mol. The number of nitrogens with one attached hydrogen (secondary N) is 1. The Bertz CT molecular complexity index is 276. The van der Waals surface area contributed by atoms with Gasteiger partial charge in [-0.2, -0.15) is 0 Å². The van der Waals surface area contributed by atoms with Crippen LogP contribution in [0.4, 0.5) is 0 Å². The third-order valence-electron chi connectivity index (χ3n) is 4.87. The lowest BCUT2D eigenvalue weighted by atomic mass is 9.90. The van der Waals surface area contributed by atoms with E-state index < -0.39 is 0 Å². The molecule has 0 radical (unpaired) electrons. The van der Waals surface area contributed by atoms with Crippen LogP contribution < -0.4 is 5.32 Å². The molecular weight excluding hydrogens is 236 g/mol. The molecule has 2 saturated heterocycles. The number of rotatable bonds is 5. The summed E-state index contributed by atoms with van der Waals surface area (Å²) in [6, 6.07) is 0.709. The molecule has 2 heterocycles. The first-order valence-corrected chi connectivity index (χ1v) is 8.09. The van der Waals surface area contributed by atoms with Gasteiger partial charge in [-0.25, -0.2) is 0 Å². The van der Waals surface area contributed by atoms with Gasteiger partial charge in [-0.1, -0.05) is 20.8 Å². The summed E-state index contributed by atoms with van der Waals surface area (Å²) in [6.45, 7) is 14.9. The molecule has 2 aliphatic rings. The minimum absolute atomic E-state index is 0.299. The summed E-state index contributed by atoms with van der Waals surface area (Å²) in [7, 11) is 0. The van der Waals surface area contributed by atoms with Crippen LogP contribution in [0.5, 0.6) is 0 Å². The summed E-state index contributed by atoms with van der Waals surface area (Å²) in [5, 5.41) is 3.78. The third-order valence-corrected chi connectivity index (χ3v) is 4.87. The Balaban J connectivity index is 1.97. The lowest BCUT2D eigenvalue weighted by molar-refractivity contribution is 0.0563. The predicted molar refractivity (Wildman–Crippen MR) is 80.4 cm³/mol. The van der Waals surface area contributed by atoms with Gasteiger partial charge in [-0.05, 0) is 38.0 Å². The molecule has 2 rings (SSSR count). The molecule has 0 aromatic heterocycles. The van der Waals surface area contributed by atoms with E-state index in [4.69, 9.17) is 4.74 Å². The normalized spacial score (nSPS) is 37.1. The quantitative estimate of drug-likeness (QED) is 0.829. The van der Waals surface area contributed by atoms with Crippen LogP contribution in [0.25, 0.3) is 0 Å². The highest BCUT2D eigenvalue weighted by molar-refractivity contribution is 4.95. The van der Waals surface area contributed by atoms with Crippen molar-refractivity contribution in [3.63, 3.8) is 0 Å². The van der Waals surface area contributed by atoms with Gasteiger partial charge in [0.1, 0.15) is 0 Å². The first kappa shape index (κ1) is 15.3. The monoisotopic (exact) mass is 268 g/mol. The van der Waals surface area contributed by atoms with Crippen LogP contribution in [-0.4, -0.2) is 49.3 Å². The highest BCUT2D eigenvalue weighted by Gasteiger charge is 2.35. The zero-order chi connectivity index (χ0) is 13.9. The van der Waals surface area contributed by atoms with Crippen molar-refractivity contribution >= 4 is 0 Å². The molecule has 0 saturated carbocycles. The second-order valence-electron chi connectivity index (χ2n) is 7.24. The van der Waals surface area contributed by atoms with Crippen LogP contribution in [-0.2, 0) is 4.74 Å². The predicted octanol–water partition coefficient (Wildman–Crippen LogP) is 2.51. The van der Waals surface area contributed by atoms with E-state index >= 15 is 0 Å². The summed E-state index contributed by atoms with van der Waals surface area (Å²) in [6.07, 6.45) is 3.76. The molecular formula is C16H32N2O. The molecule has 0 aliphatic carbocycles. The van der Waals surface area contributed by atoms with E-state index in [0.717, 1.165) is 31.6 Å². The number of ether oxygens (including phenoxy) is 1. The fraction of sp³-hybridized carbons (Fsp3) is 1.00. The van der Waals surface area contributed by atoms with Crippen LogP contribution in [0.3, 0.4) is 0 Å². The van der Waals surface area contributed by atoms with E-state index in [1.54, 1.807) is 0 Å². The number of hydrogen-bond donors (Lipinski definition) is 1. The molecule has 0 amide bonds. The summed E-state index contributed by atoms with van der Waals surface area (Å²) in [5.74, 6) is 1.54. The van der Waals surface area contributed by atoms with Crippen LogP contribution in [0.1, 0.15) is 47.0 Å². The first-order valence-electron chi connectivity index (χ1n) is 8.09. The zero-order valence-corrected chi connectivity index (χ0v) is 13.2. The summed E-state index contributed by atoms with van der Waals surface area (Å²) >= 11 is 0. The molecule has 0 aromatic rings. The molecule has 112 valence electrons. The maximum Gasteiger partial charge on any atom is 0.0507 e. The van der Waals surface area contributed by atoms with Crippen molar-refractivity contribution in [2.45, 2.75) is 58.5 Å². The van der Waals surface area contributed by atoms with Crippen LogP contribution in [0.2, 0.25) is 0 Å². The van der Waals surface area contributed by atoms with Crippen molar-refractivity contribution in [3.8, 4) is 0 Å². The lowest BCUT2D eigenvalue weighted by Gasteiger charge is -2.47. The molecule has 3 unspecified atom stereocenters. The largest absolute Gasteiger partial charge is 0.381 e. The summed E-state index contributed by atoms with van der Waals surface area (Å²) in [5.41, 5.74) is 0.299. The molecule has 1 N–H and O–H groups in total. The second kappa shape index (κ2) is 6.55. The van der Waals surface area contributed by atoms with E-state index in [9.17, 15) is 0 Å². The van der Waals surface area contributed by atoms with Gasteiger partial charge in [0.2, 0.25) is 0 Å². The highest BCUT2D eigenvalue weighted by Crippen LogP contribution is 2.25. The number of nitrogens with zero attached hydrogens (tertiary/aromatic N) is 1. The number of hydrogen-bond acceptors (Lipinski definition) is 3. The van der Waals surface area contributed by atoms with E-state index in [2.05, 4.69) is 37.9 Å². The van der Waals surface area contributed by atoms with E-state index in [1.807, 2.05) is 0 Å². The van der Waals surface area contributed by atoms with Crippen LogP contribution >= 0.6 is 0 Å². The van der Waals surface area contributed by atoms with E-state index in [0.29, 0.717) is 11.6 Å². The van der Waals surface area contributed by atoms with Gasteiger partial charge < -0.3 is 10.1 Å². The minimum Gasteiger partial charge on any atom is -0.381 e. The van der Waals surface area contributed by atoms with Gasteiger partial charge in [0.15, 0.2) is 0 Å². The van der Waals surface area contributed by atoms with Gasteiger partial charge in [0.05, 0.1) is 6.61 Å². The van der Waals surface area contributed by atoms with Crippen molar-refractivity contribution in [2.75, 3.05) is 32.8 Å². The van der Waals surface area contributed by atoms with Crippen molar-refractivity contribution in [3.05, 3.63) is 0 Å². The maximum atomic E-state index is 5.55. The molecule has 19 heavy (non-hydrogen) atoms. The van der Waals surface area contributed by atoms with Gasteiger partial charge in [-0.3, -0.25) is 4.90 Å². The lowest BCUT2D eigenvalue weighted by Crippen LogP contribution is -2.63. The Morgan fingerprint density at radius 2 is 2.21 bits per heavy atom. The zero-order valence-electron chi connectivity index (χ0n) is 13.2. The van der Waals surface area contributed by atoms with Crippen molar-refractivity contribution in [2.24, 2.45) is 11.8 Å². The summed E-state index contributed by atoms with van der Waals surface area (Å²) in [4.78, 5) is 2.75. The van der Waals surface area contributed by atoms with Crippen LogP contribution in [0.15, 0.2) is 0 Å². The number of piperazine rings is 1.